The van der Waals surface area contributed by atoms with Crippen molar-refractivity contribution < 1.29 is 13.9 Å². The number of halogens is 1. The molecule has 4 rings (SSSR count). The number of aromatic nitrogens is 2. The molecule has 0 radical (unpaired) electrons. The first-order chi connectivity index (χ1) is 11.7. The molecule has 4 nitrogen and oxygen atoms in total. The molecule has 0 saturated carbocycles. The average Bonchev–Trinajstić information content (AvgIpc) is 2.59. The molecule has 0 unspecified atom stereocenters. The topological polar surface area (TPSA) is 44.2 Å². The first-order valence-electron chi connectivity index (χ1n) is 7.59. The predicted octanol–water partition coefficient (Wildman–Crippen LogP) is 4.24. The molecule has 0 spiro atoms. The van der Waals surface area contributed by atoms with Crippen LogP contribution < -0.4 is 4.74 Å². The maximum Gasteiger partial charge on any atom is 0.189 e. The van der Waals surface area contributed by atoms with Gasteiger partial charge in [-0.15, -0.1) is 11.8 Å². The van der Waals surface area contributed by atoms with Crippen molar-refractivity contribution in [2.75, 3.05) is 6.79 Å². The van der Waals surface area contributed by atoms with Crippen LogP contribution in [0.5, 0.6) is 5.75 Å². The predicted molar refractivity (Wildman–Crippen MR) is 90.5 cm³/mol. The van der Waals surface area contributed by atoms with Crippen LogP contribution in [0.3, 0.4) is 0 Å². The minimum atomic E-state index is -0.276. The van der Waals surface area contributed by atoms with Crippen molar-refractivity contribution in [1.29, 1.82) is 0 Å². The van der Waals surface area contributed by atoms with Gasteiger partial charge in [-0.05, 0) is 25.1 Å². The van der Waals surface area contributed by atoms with E-state index in [-0.39, 0.29) is 12.6 Å². The van der Waals surface area contributed by atoms with Gasteiger partial charge >= 0.3 is 0 Å². The Morgan fingerprint density at radius 2 is 2.08 bits per heavy atom. The highest BCUT2D eigenvalue weighted by Gasteiger charge is 2.17. The van der Waals surface area contributed by atoms with E-state index in [1.54, 1.807) is 11.8 Å². The van der Waals surface area contributed by atoms with E-state index in [2.05, 4.69) is 9.97 Å². The van der Waals surface area contributed by atoms with E-state index < -0.39 is 0 Å². The molecule has 1 aliphatic rings. The third-order valence-corrected chi connectivity index (χ3v) is 4.84. The third kappa shape index (κ3) is 2.95. The summed E-state index contributed by atoms with van der Waals surface area (Å²) in [5.74, 6) is 1.75. The molecule has 1 aliphatic heterocycles. The van der Waals surface area contributed by atoms with Crippen LogP contribution in [0.4, 0.5) is 4.39 Å². The van der Waals surface area contributed by atoms with E-state index >= 15 is 0 Å². The molecule has 0 amide bonds. The number of hydrogen-bond acceptors (Lipinski definition) is 5. The van der Waals surface area contributed by atoms with Crippen molar-refractivity contribution in [3.63, 3.8) is 0 Å². The molecule has 2 heterocycles. The molecular formula is C18H15FN2O2S. The molecule has 0 atom stereocenters. The Morgan fingerprint density at radius 1 is 1.21 bits per heavy atom. The Bertz CT molecular complexity index is 917. The Hall–Kier alpha value is -2.18. The Kier molecular flexibility index (Phi) is 4.08. The second kappa shape index (κ2) is 6.37. The maximum atomic E-state index is 13.9. The van der Waals surface area contributed by atoms with Gasteiger partial charge in [0, 0.05) is 22.3 Å². The van der Waals surface area contributed by atoms with Gasteiger partial charge in [-0.25, -0.2) is 14.4 Å². The Labute approximate surface area is 143 Å². The molecule has 0 saturated heterocycles. The summed E-state index contributed by atoms with van der Waals surface area (Å²) >= 11 is 1.56. The third-order valence-electron chi connectivity index (χ3n) is 3.80. The summed E-state index contributed by atoms with van der Waals surface area (Å²) in [5, 5.41) is 1.89. The van der Waals surface area contributed by atoms with Crippen LogP contribution in [0.2, 0.25) is 0 Å². The number of aryl methyl sites for hydroxylation is 1. The van der Waals surface area contributed by atoms with E-state index in [0.29, 0.717) is 12.4 Å². The van der Waals surface area contributed by atoms with Crippen molar-refractivity contribution in [1.82, 2.24) is 9.97 Å². The summed E-state index contributed by atoms with van der Waals surface area (Å²) in [6.07, 6.45) is 0. The highest BCUT2D eigenvalue weighted by molar-refractivity contribution is 7.98. The van der Waals surface area contributed by atoms with Gasteiger partial charge in [0.25, 0.3) is 0 Å². The summed E-state index contributed by atoms with van der Waals surface area (Å²) in [6.45, 7) is 2.45. The molecular weight excluding hydrogens is 327 g/mol. The fourth-order valence-corrected chi connectivity index (χ4v) is 3.81. The highest BCUT2D eigenvalue weighted by atomic mass is 32.2. The van der Waals surface area contributed by atoms with Gasteiger partial charge in [0.15, 0.2) is 6.79 Å². The van der Waals surface area contributed by atoms with E-state index in [4.69, 9.17) is 9.47 Å². The largest absolute Gasteiger partial charge is 0.467 e. The molecule has 0 N–H and O–H groups in total. The zero-order chi connectivity index (χ0) is 16.5. The fraction of sp³-hybridized carbons (Fsp3) is 0.222. The van der Waals surface area contributed by atoms with Gasteiger partial charge in [-0.3, -0.25) is 0 Å². The number of thioether (sulfide) groups is 1. The average molecular weight is 342 g/mol. The lowest BCUT2D eigenvalue weighted by Crippen LogP contribution is -2.13. The van der Waals surface area contributed by atoms with Crippen LogP contribution >= 0.6 is 11.8 Å². The second-order valence-corrected chi connectivity index (χ2v) is 6.51. The van der Waals surface area contributed by atoms with Gasteiger partial charge in [0.2, 0.25) is 0 Å². The lowest BCUT2D eigenvalue weighted by molar-refractivity contribution is -0.0171. The molecule has 6 heteroatoms. The zero-order valence-electron chi connectivity index (χ0n) is 13.1. The molecule has 0 aliphatic carbocycles. The first kappa shape index (κ1) is 15.4. The lowest BCUT2D eigenvalue weighted by atomic mass is 10.1. The monoisotopic (exact) mass is 342 g/mol. The molecule has 1 aromatic heterocycles. The van der Waals surface area contributed by atoms with Gasteiger partial charge in [0.05, 0.1) is 12.1 Å². The smallest absolute Gasteiger partial charge is 0.189 e. The zero-order valence-corrected chi connectivity index (χ0v) is 13.9. The van der Waals surface area contributed by atoms with Gasteiger partial charge in [0.1, 0.15) is 22.4 Å². The summed E-state index contributed by atoms with van der Waals surface area (Å²) in [7, 11) is 0. The summed E-state index contributed by atoms with van der Waals surface area (Å²) in [6, 6.07) is 10.9. The molecule has 0 bridgehead atoms. The molecule has 0 fully saturated rings. The summed E-state index contributed by atoms with van der Waals surface area (Å²) in [4.78, 5) is 8.99. The Balaban J connectivity index is 1.68. The molecule has 2 aromatic carbocycles. The van der Waals surface area contributed by atoms with Crippen molar-refractivity contribution in [3.8, 4) is 5.75 Å². The van der Waals surface area contributed by atoms with Crippen LogP contribution in [-0.2, 0) is 17.1 Å². The fourth-order valence-electron chi connectivity index (χ4n) is 2.78. The maximum absolute atomic E-state index is 13.9. The number of fused-ring (bicyclic) bond motifs is 2. The van der Waals surface area contributed by atoms with Gasteiger partial charge in [-0.2, -0.15) is 0 Å². The van der Waals surface area contributed by atoms with E-state index in [9.17, 15) is 4.39 Å². The number of ether oxygens (including phenoxy) is 2. The van der Waals surface area contributed by atoms with E-state index in [1.807, 2.05) is 31.2 Å². The number of nitrogens with zero attached hydrogens (tertiary/aromatic N) is 2. The highest BCUT2D eigenvalue weighted by Crippen LogP contribution is 2.35. The van der Waals surface area contributed by atoms with Crippen LogP contribution in [0, 0.1) is 12.7 Å². The normalized spacial score (nSPS) is 13.6. The van der Waals surface area contributed by atoms with Crippen molar-refractivity contribution in [3.05, 3.63) is 59.2 Å². The van der Waals surface area contributed by atoms with Gasteiger partial charge < -0.3 is 9.47 Å². The number of hydrogen-bond donors (Lipinski definition) is 0. The SMILES string of the molecule is Cc1nc(SCc2cc(F)cc3c2OCOC3)c2ccccc2n1. The standard InChI is InChI=1S/C18H15FN2O2S/c1-11-20-16-5-3-2-4-15(16)18(21-11)24-9-13-7-14(19)6-12-8-22-10-23-17(12)13/h2-7H,8-10H2,1H3. The van der Waals surface area contributed by atoms with Crippen LogP contribution in [0.15, 0.2) is 41.4 Å². The number of para-hydroxylation sites is 1. The minimum absolute atomic E-state index is 0.200. The van der Waals surface area contributed by atoms with Crippen LogP contribution in [0.1, 0.15) is 17.0 Å². The molecule has 24 heavy (non-hydrogen) atoms. The van der Waals surface area contributed by atoms with E-state index in [1.165, 1.54) is 12.1 Å². The van der Waals surface area contributed by atoms with Gasteiger partial charge in [-0.1, -0.05) is 18.2 Å². The molecule has 122 valence electrons. The van der Waals surface area contributed by atoms with Crippen molar-refractivity contribution in [2.45, 2.75) is 24.3 Å². The minimum Gasteiger partial charge on any atom is -0.467 e. The van der Waals surface area contributed by atoms with Crippen molar-refractivity contribution in [2.24, 2.45) is 0 Å². The first-order valence-corrected chi connectivity index (χ1v) is 8.57. The second-order valence-electron chi connectivity index (χ2n) is 5.55. The van der Waals surface area contributed by atoms with Crippen molar-refractivity contribution >= 4 is 22.7 Å². The quantitative estimate of drug-likeness (QED) is 0.526. The summed E-state index contributed by atoms with van der Waals surface area (Å²) < 4.78 is 24.7. The Morgan fingerprint density at radius 3 is 3.00 bits per heavy atom. The summed E-state index contributed by atoms with van der Waals surface area (Å²) in [5.41, 5.74) is 2.48. The number of rotatable bonds is 3. The van der Waals surface area contributed by atoms with Crippen LogP contribution in [0.25, 0.3) is 10.9 Å². The number of benzene rings is 2. The lowest BCUT2D eigenvalue weighted by Gasteiger charge is -2.20. The van der Waals surface area contributed by atoms with Crippen LogP contribution in [-0.4, -0.2) is 16.8 Å². The molecule has 3 aromatic rings. The van der Waals surface area contributed by atoms with E-state index in [0.717, 1.165) is 38.6 Å².